The van der Waals surface area contributed by atoms with Crippen LogP contribution in [0.25, 0.3) is 0 Å². The van der Waals surface area contributed by atoms with Crippen molar-refractivity contribution >= 4 is 12.8 Å². The molecule has 4 nitrogen and oxygen atoms in total. The van der Waals surface area contributed by atoms with Crippen LogP contribution < -0.4 is 10.6 Å². The van der Waals surface area contributed by atoms with E-state index in [9.17, 15) is 9.59 Å². The third-order valence-corrected chi connectivity index (χ3v) is 0.966. The summed E-state index contributed by atoms with van der Waals surface area (Å²) in [6.07, 6.45) is 3.20. The first-order valence-electron chi connectivity index (χ1n) is 3.11. The van der Waals surface area contributed by atoms with Gasteiger partial charge >= 0.3 is 0 Å². The van der Waals surface area contributed by atoms with Gasteiger partial charge in [0.15, 0.2) is 6.17 Å². The van der Waals surface area contributed by atoms with Crippen molar-refractivity contribution in [3.8, 4) is 0 Å². The van der Waals surface area contributed by atoms with Crippen LogP contribution in [0.5, 0.6) is 0 Å². The zero-order valence-electron chi connectivity index (χ0n) is 5.89. The average molecular weight is 143 g/mol. The van der Waals surface area contributed by atoms with Crippen LogP contribution in [-0.4, -0.2) is 12.8 Å². The van der Waals surface area contributed by atoms with Crippen LogP contribution in [0.3, 0.4) is 0 Å². The highest BCUT2D eigenvalue weighted by molar-refractivity contribution is 5.53. The quantitative estimate of drug-likeness (QED) is 0.504. The molecule has 0 rings (SSSR count). The second kappa shape index (κ2) is 6.07. The molecule has 0 heterocycles. The van der Waals surface area contributed by atoms with Gasteiger partial charge in [-0.2, -0.15) is 0 Å². The summed E-state index contributed by atoms with van der Waals surface area (Å²) in [6.45, 7) is 1.96. The van der Waals surface area contributed by atoms with Gasteiger partial charge in [-0.1, -0.05) is 13.3 Å². The van der Waals surface area contributed by atoms with Crippen molar-refractivity contribution in [1.82, 2.24) is 10.6 Å². The fourth-order valence-corrected chi connectivity index (χ4v) is 0.578. The summed E-state index contributed by atoms with van der Waals surface area (Å²) in [5, 5.41) is 4.76. The van der Waals surface area contributed by atoms with E-state index in [1.807, 2.05) is 6.92 Å². The highest BCUT2D eigenvalue weighted by Gasteiger charge is 2.03. The first-order chi connectivity index (χ1) is 4.85. The fraction of sp³-hybridized carbons (Fsp3) is 0.500. The van der Waals surface area contributed by atoms with Crippen LogP contribution >= 0.6 is 0 Å². The third-order valence-electron chi connectivity index (χ3n) is 0.966. The number of carbonyl (C=O) groups is 2. The molecular weight excluding hydrogens is 132 g/mol. The van der Waals surface area contributed by atoms with E-state index in [-0.39, 0.29) is 0 Å². The van der Waals surface area contributed by atoms with E-state index in [0.29, 0.717) is 25.4 Å². The summed E-state index contributed by atoms with van der Waals surface area (Å²) >= 11 is 0. The summed E-state index contributed by atoms with van der Waals surface area (Å²) in [4.78, 5) is 19.8. The molecule has 0 atom stereocenters. The summed E-state index contributed by atoms with van der Waals surface area (Å²) in [7, 11) is 0. The van der Waals surface area contributed by atoms with Crippen LogP contribution in [0.4, 0.5) is 0 Å². The first kappa shape index (κ1) is 8.94. The molecule has 0 aliphatic heterocycles. The van der Waals surface area contributed by atoms with E-state index < -0.39 is 0 Å². The topological polar surface area (TPSA) is 58.2 Å². The van der Waals surface area contributed by atoms with Crippen LogP contribution in [0.1, 0.15) is 19.8 Å². The van der Waals surface area contributed by atoms with E-state index >= 15 is 0 Å². The summed E-state index contributed by atoms with van der Waals surface area (Å²) in [6, 6.07) is 0. The maximum atomic E-state index is 9.88. The Morgan fingerprint density at radius 1 is 1.30 bits per heavy atom. The second-order valence-corrected chi connectivity index (χ2v) is 1.75. The highest BCUT2D eigenvalue weighted by atomic mass is 16.1. The van der Waals surface area contributed by atoms with Gasteiger partial charge in [-0.3, -0.25) is 9.59 Å². The lowest BCUT2D eigenvalue weighted by atomic mass is 10.3. The molecule has 2 amide bonds. The van der Waals surface area contributed by atoms with Crippen molar-refractivity contribution in [2.45, 2.75) is 19.8 Å². The third kappa shape index (κ3) is 3.88. The fourth-order valence-electron chi connectivity index (χ4n) is 0.578. The molecule has 0 saturated heterocycles. The van der Waals surface area contributed by atoms with Crippen LogP contribution in [0.2, 0.25) is 0 Å². The second-order valence-electron chi connectivity index (χ2n) is 1.75. The Bertz CT molecular complexity index is 95.9. The molecule has 0 aromatic carbocycles. The average Bonchev–Trinajstić information content (AvgIpc) is 1.90. The molecule has 0 bridgehead atoms. The minimum atomic E-state index is 0.543. The molecule has 0 unspecified atom stereocenters. The zero-order chi connectivity index (χ0) is 7.82. The molecular formula is C6H11N2O2. The largest absolute Gasteiger partial charge is 0.332 e. The van der Waals surface area contributed by atoms with Gasteiger partial charge in [0.05, 0.1) is 0 Å². The van der Waals surface area contributed by atoms with Crippen molar-refractivity contribution in [3.05, 3.63) is 6.17 Å². The number of carbonyl (C=O) groups excluding carboxylic acids is 2. The molecule has 10 heavy (non-hydrogen) atoms. The molecule has 57 valence electrons. The maximum Gasteiger partial charge on any atom is 0.209 e. The number of hydrogen-bond acceptors (Lipinski definition) is 2. The Balaban J connectivity index is 3.48. The van der Waals surface area contributed by atoms with Gasteiger partial charge in [0.2, 0.25) is 12.8 Å². The van der Waals surface area contributed by atoms with Crippen molar-refractivity contribution in [2.75, 3.05) is 0 Å². The summed E-state index contributed by atoms with van der Waals surface area (Å²) < 4.78 is 0. The SMILES string of the molecule is CCC[C](NC=O)NC=O. The molecule has 0 aromatic rings. The van der Waals surface area contributed by atoms with Gasteiger partial charge < -0.3 is 10.6 Å². The van der Waals surface area contributed by atoms with Crippen molar-refractivity contribution in [2.24, 2.45) is 0 Å². The van der Waals surface area contributed by atoms with E-state index in [2.05, 4.69) is 10.6 Å². The lowest BCUT2D eigenvalue weighted by molar-refractivity contribution is -0.110. The van der Waals surface area contributed by atoms with Gasteiger partial charge in [-0.15, -0.1) is 0 Å². The standard InChI is InChI=1S/C6H11N2O2/c1-2-3-6(7-4-9)8-5-10/h4-5H,2-3H2,1H3,(H,7,9)(H,8,10). The van der Waals surface area contributed by atoms with Crippen molar-refractivity contribution < 1.29 is 9.59 Å². The lowest BCUT2D eigenvalue weighted by Gasteiger charge is -2.10. The molecule has 0 aliphatic carbocycles. The lowest BCUT2D eigenvalue weighted by Crippen LogP contribution is -2.32. The highest BCUT2D eigenvalue weighted by Crippen LogP contribution is 1.97. The number of nitrogens with one attached hydrogen (secondary N) is 2. The summed E-state index contributed by atoms with van der Waals surface area (Å²) in [5.74, 6) is 0. The molecule has 4 heteroatoms. The van der Waals surface area contributed by atoms with Gasteiger partial charge in [-0.25, -0.2) is 0 Å². The van der Waals surface area contributed by atoms with E-state index in [0.717, 1.165) is 6.42 Å². The van der Waals surface area contributed by atoms with Gasteiger partial charge in [0.1, 0.15) is 0 Å². The number of rotatable bonds is 6. The predicted octanol–water partition coefficient (Wildman–Crippen LogP) is -0.232. The van der Waals surface area contributed by atoms with Crippen molar-refractivity contribution in [1.29, 1.82) is 0 Å². The Labute approximate surface area is 60.0 Å². The van der Waals surface area contributed by atoms with E-state index in [1.165, 1.54) is 0 Å². The molecule has 0 aromatic heterocycles. The minimum Gasteiger partial charge on any atom is -0.332 e. The first-order valence-corrected chi connectivity index (χ1v) is 3.11. The molecule has 1 radical (unpaired) electrons. The van der Waals surface area contributed by atoms with E-state index in [1.54, 1.807) is 0 Å². The Morgan fingerprint density at radius 2 is 1.80 bits per heavy atom. The number of hydrogen-bond donors (Lipinski definition) is 2. The van der Waals surface area contributed by atoms with Crippen molar-refractivity contribution in [3.63, 3.8) is 0 Å². The van der Waals surface area contributed by atoms with Crippen LogP contribution in [0.15, 0.2) is 0 Å². The zero-order valence-corrected chi connectivity index (χ0v) is 5.89. The number of amides is 2. The Kier molecular flexibility index (Phi) is 5.42. The normalized spacial score (nSPS) is 9.00. The minimum absolute atomic E-state index is 0.543. The van der Waals surface area contributed by atoms with Gasteiger partial charge in [-0.05, 0) is 6.42 Å². The smallest absolute Gasteiger partial charge is 0.209 e. The molecule has 0 spiro atoms. The van der Waals surface area contributed by atoms with Gasteiger partial charge in [0.25, 0.3) is 0 Å². The maximum absolute atomic E-state index is 9.88. The van der Waals surface area contributed by atoms with Crippen LogP contribution in [-0.2, 0) is 9.59 Å². The monoisotopic (exact) mass is 143 g/mol. The van der Waals surface area contributed by atoms with E-state index in [4.69, 9.17) is 0 Å². The summed E-state index contributed by atoms with van der Waals surface area (Å²) in [5.41, 5.74) is 0. The van der Waals surface area contributed by atoms with Crippen LogP contribution in [0, 0.1) is 6.17 Å². The molecule has 0 saturated carbocycles. The molecule has 0 fully saturated rings. The Morgan fingerprint density at radius 3 is 2.10 bits per heavy atom. The predicted molar refractivity (Wildman–Crippen MR) is 36.6 cm³/mol. The Hall–Kier alpha value is -1.06. The van der Waals surface area contributed by atoms with Gasteiger partial charge in [0, 0.05) is 0 Å². The molecule has 2 N–H and O–H groups in total. The molecule has 0 aliphatic rings.